The summed E-state index contributed by atoms with van der Waals surface area (Å²) in [5.41, 5.74) is 1.21. The molecule has 1 saturated heterocycles. The van der Waals surface area contributed by atoms with Gasteiger partial charge in [-0.3, -0.25) is 4.99 Å². The van der Waals surface area contributed by atoms with E-state index in [0.717, 1.165) is 24.7 Å². The van der Waals surface area contributed by atoms with E-state index in [1.54, 1.807) is 13.8 Å². The predicted octanol–water partition coefficient (Wildman–Crippen LogP) is 2.24. The van der Waals surface area contributed by atoms with E-state index in [4.69, 9.17) is 4.74 Å². The summed E-state index contributed by atoms with van der Waals surface area (Å²) in [5, 5.41) is 3.27. The normalized spacial score (nSPS) is 19.2. The van der Waals surface area contributed by atoms with E-state index < -0.39 is 14.6 Å². The molecule has 0 bridgehead atoms. The maximum Gasteiger partial charge on any atom is 0.193 e. The number of rotatable bonds is 6. The third kappa shape index (κ3) is 5.37. The SMILES string of the molecule is CCNC(=NCCCOc1ccc(C)cc1)N1CCS(=O)(=O)C(C)(C)C1. The van der Waals surface area contributed by atoms with E-state index >= 15 is 0 Å². The Morgan fingerprint density at radius 1 is 1.31 bits per heavy atom. The van der Waals surface area contributed by atoms with Crippen molar-refractivity contribution < 1.29 is 13.2 Å². The van der Waals surface area contributed by atoms with Crippen LogP contribution in [0.3, 0.4) is 0 Å². The van der Waals surface area contributed by atoms with Gasteiger partial charge in [-0.25, -0.2) is 8.42 Å². The molecule has 0 saturated carbocycles. The fraction of sp³-hybridized carbons (Fsp3) is 0.632. The van der Waals surface area contributed by atoms with Crippen molar-refractivity contribution in [1.29, 1.82) is 0 Å². The lowest BCUT2D eigenvalue weighted by atomic mass is 10.2. The molecule has 0 spiro atoms. The molecule has 26 heavy (non-hydrogen) atoms. The van der Waals surface area contributed by atoms with Gasteiger partial charge in [0.2, 0.25) is 0 Å². The van der Waals surface area contributed by atoms with Crippen LogP contribution in [0, 0.1) is 6.92 Å². The van der Waals surface area contributed by atoms with Crippen LogP contribution in [0.2, 0.25) is 0 Å². The zero-order valence-corrected chi connectivity index (χ0v) is 17.1. The van der Waals surface area contributed by atoms with Crippen LogP contribution in [-0.4, -0.2) is 62.6 Å². The number of benzene rings is 1. The summed E-state index contributed by atoms with van der Waals surface area (Å²) in [6.45, 7) is 10.6. The highest BCUT2D eigenvalue weighted by Crippen LogP contribution is 2.23. The van der Waals surface area contributed by atoms with Gasteiger partial charge in [0.05, 0.1) is 17.1 Å². The van der Waals surface area contributed by atoms with E-state index in [-0.39, 0.29) is 5.75 Å². The molecular formula is C19H31N3O3S. The molecule has 6 nitrogen and oxygen atoms in total. The minimum atomic E-state index is -3.05. The van der Waals surface area contributed by atoms with Crippen LogP contribution in [0.5, 0.6) is 5.75 Å². The van der Waals surface area contributed by atoms with Gasteiger partial charge in [0, 0.05) is 32.6 Å². The zero-order valence-electron chi connectivity index (χ0n) is 16.3. The van der Waals surface area contributed by atoms with Gasteiger partial charge in [-0.2, -0.15) is 0 Å². The largest absolute Gasteiger partial charge is 0.494 e. The van der Waals surface area contributed by atoms with Gasteiger partial charge in [0.1, 0.15) is 5.75 Å². The molecule has 1 aromatic carbocycles. The Kier molecular flexibility index (Phi) is 6.92. The molecule has 1 aliphatic heterocycles. The Labute approximate surface area is 157 Å². The van der Waals surface area contributed by atoms with Gasteiger partial charge in [-0.15, -0.1) is 0 Å². The number of nitrogens with one attached hydrogen (secondary N) is 1. The van der Waals surface area contributed by atoms with E-state index in [2.05, 4.69) is 10.3 Å². The number of guanidine groups is 1. The lowest BCUT2D eigenvalue weighted by molar-refractivity contribution is 0.312. The standard InChI is InChI=1S/C19H31N3O3S/c1-5-20-18(22-12-14-26(23,24)19(3,4)15-22)21-11-6-13-25-17-9-7-16(2)8-10-17/h7-10H,5-6,11-15H2,1-4H3,(H,20,21). The molecule has 7 heteroatoms. The Hall–Kier alpha value is -1.76. The summed E-state index contributed by atoms with van der Waals surface area (Å²) >= 11 is 0. The molecule has 1 N–H and O–H groups in total. The van der Waals surface area contributed by atoms with Gasteiger partial charge in [-0.05, 0) is 39.8 Å². The number of nitrogens with zero attached hydrogens (tertiary/aromatic N) is 2. The van der Waals surface area contributed by atoms with Crippen LogP contribution >= 0.6 is 0 Å². The summed E-state index contributed by atoms with van der Waals surface area (Å²) < 4.78 is 29.3. The number of ether oxygens (including phenoxy) is 1. The second-order valence-corrected chi connectivity index (χ2v) is 9.99. The second kappa shape index (κ2) is 8.75. The van der Waals surface area contributed by atoms with Gasteiger partial charge in [0.25, 0.3) is 0 Å². The Morgan fingerprint density at radius 2 is 2.00 bits per heavy atom. The number of aliphatic imine (C=N–C) groups is 1. The highest BCUT2D eigenvalue weighted by molar-refractivity contribution is 7.92. The van der Waals surface area contributed by atoms with Crippen LogP contribution in [0.1, 0.15) is 32.8 Å². The van der Waals surface area contributed by atoms with Gasteiger partial charge in [-0.1, -0.05) is 17.7 Å². The van der Waals surface area contributed by atoms with Gasteiger partial charge >= 0.3 is 0 Å². The third-order valence-electron chi connectivity index (χ3n) is 4.53. The smallest absolute Gasteiger partial charge is 0.193 e. The van der Waals surface area contributed by atoms with Crippen LogP contribution in [0.25, 0.3) is 0 Å². The maximum absolute atomic E-state index is 12.2. The summed E-state index contributed by atoms with van der Waals surface area (Å²) in [4.78, 5) is 6.70. The fourth-order valence-electron chi connectivity index (χ4n) is 2.82. The molecule has 0 aliphatic carbocycles. The third-order valence-corrected chi connectivity index (χ3v) is 7.06. The van der Waals surface area contributed by atoms with Crippen molar-refractivity contribution in [3.05, 3.63) is 29.8 Å². The minimum Gasteiger partial charge on any atom is -0.494 e. The molecule has 0 amide bonds. The van der Waals surface area contributed by atoms with Crippen LogP contribution < -0.4 is 10.1 Å². The molecule has 0 radical (unpaired) electrons. The van der Waals surface area contributed by atoms with E-state index in [1.165, 1.54) is 5.56 Å². The van der Waals surface area contributed by atoms with E-state index in [9.17, 15) is 8.42 Å². The topological polar surface area (TPSA) is 71.0 Å². The van der Waals surface area contributed by atoms with Crippen LogP contribution in [0.4, 0.5) is 0 Å². The van der Waals surface area contributed by atoms with Gasteiger partial charge in [0.15, 0.2) is 15.8 Å². The number of hydrogen-bond donors (Lipinski definition) is 1. The monoisotopic (exact) mass is 381 g/mol. The molecule has 0 atom stereocenters. The lowest BCUT2D eigenvalue weighted by Gasteiger charge is -2.39. The molecule has 1 aromatic rings. The predicted molar refractivity (Wildman–Crippen MR) is 107 cm³/mol. The molecule has 1 fully saturated rings. The molecule has 2 rings (SSSR count). The van der Waals surface area contributed by atoms with E-state index in [0.29, 0.717) is 26.2 Å². The van der Waals surface area contributed by atoms with Crippen LogP contribution in [-0.2, 0) is 9.84 Å². The van der Waals surface area contributed by atoms with Crippen molar-refractivity contribution in [3.8, 4) is 5.75 Å². The summed E-state index contributed by atoms with van der Waals surface area (Å²) in [5.74, 6) is 1.82. The van der Waals surface area contributed by atoms with Crippen molar-refractivity contribution in [3.63, 3.8) is 0 Å². The second-order valence-electron chi connectivity index (χ2n) is 7.25. The number of hydrogen-bond acceptors (Lipinski definition) is 4. The van der Waals surface area contributed by atoms with Gasteiger partial charge < -0.3 is 15.0 Å². The quantitative estimate of drug-likeness (QED) is 0.465. The Morgan fingerprint density at radius 3 is 2.62 bits per heavy atom. The lowest BCUT2D eigenvalue weighted by Crippen LogP contribution is -2.57. The first-order valence-corrected chi connectivity index (χ1v) is 10.9. The maximum atomic E-state index is 12.2. The highest BCUT2D eigenvalue weighted by Gasteiger charge is 2.40. The number of sulfone groups is 1. The highest BCUT2D eigenvalue weighted by atomic mass is 32.2. The first kappa shape index (κ1) is 20.6. The summed E-state index contributed by atoms with van der Waals surface area (Å²) in [6.07, 6.45) is 0.804. The molecule has 0 unspecified atom stereocenters. The zero-order chi connectivity index (χ0) is 19.2. The van der Waals surface area contributed by atoms with Crippen molar-refractivity contribution >= 4 is 15.8 Å². The van der Waals surface area contributed by atoms with Crippen LogP contribution in [0.15, 0.2) is 29.3 Å². The average molecular weight is 382 g/mol. The average Bonchev–Trinajstić information content (AvgIpc) is 2.58. The van der Waals surface area contributed by atoms with Crippen molar-refractivity contribution in [1.82, 2.24) is 10.2 Å². The molecule has 0 aromatic heterocycles. The molecule has 1 heterocycles. The van der Waals surface area contributed by atoms with Crippen molar-refractivity contribution in [2.45, 2.75) is 38.9 Å². The first-order chi connectivity index (χ1) is 12.2. The molecule has 146 valence electrons. The molecule has 1 aliphatic rings. The Balaban J connectivity index is 1.87. The van der Waals surface area contributed by atoms with E-state index in [1.807, 2.05) is 43.0 Å². The van der Waals surface area contributed by atoms with Crippen molar-refractivity contribution in [2.24, 2.45) is 4.99 Å². The summed E-state index contributed by atoms with van der Waals surface area (Å²) in [7, 11) is -3.05. The fourth-order valence-corrected chi connectivity index (χ4v) is 4.19. The minimum absolute atomic E-state index is 0.168. The first-order valence-electron chi connectivity index (χ1n) is 9.20. The summed E-state index contributed by atoms with van der Waals surface area (Å²) in [6, 6.07) is 8.00. The molecular weight excluding hydrogens is 350 g/mol. The number of aryl methyl sites for hydroxylation is 1. The Bertz CT molecular complexity index is 712. The van der Waals surface area contributed by atoms with Crippen molar-refractivity contribution in [2.75, 3.05) is 38.5 Å².